The van der Waals surface area contributed by atoms with Crippen LogP contribution in [0.4, 0.5) is 5.00 Å². The van der Waals surface area contributed by atoms with Gasteiger partial charge in [-0.05, 0) is 92.1 Å². The van der Waals surface area contributed by atoms with E-state index in [1.54, 1.807) is 39.2 Å². The minimum atomic E-state index is -1.06. The highest BCUT2D eigenvalue weighted by molar-refractivity contribution is 7.17. The monoisotopic (exact) mass is 637 g/mol. The number of aromatic nitrogens is 2. The molecule has 0 saturated heterocycles. The predicted octanol–water partition coefficient (Wildman–Crippen LogP) is 7.32. The number of thiophene rings is 1. The minimum absolute atomic E-state index is 0.223. The first-order valence-electron chi connectivity index (χ1n) is 15.4. The third-order valence-corrected chi connectivity index (χ3v) is 9.42. The van der Waals surface area contributed by atoms with E-state index in [9.17, 15) is 14.4 Å². The molecule has 0 spiro atoms. The van der Waals surface area contributed by atoms with Crippen LogP contribution in [0.25, 0.3) is 22.4 Å². The number of H-pyrrole nitrogens is 1. The van der Waals surface area contributed by atoms with Gasteiger partial charge in [-0.1, -0.05) is 37.3 Å². The molecule has 0 fully saturated rings. The highest BCUT2D eigenvalue weighted by Gasteiger charge is 2.32. The predicted molar refractivity (Wildman–Crippen MR) is 178 cm³/mol. The van der Waals surface area contributed by atoms with Crippen LogP contribution in [0.5, 0.6) is 5.75 Å². The lowest BCUT2D eigenvalue weighted by atomic mass is 9.83. The molecule has 2 heterocycles. The van der Waals surface area contributed by atoms with Crippen LogP contribution >= 0.6 is 11.3 Å². The number of methoxy groups -OCH3 is 1. The summed E-state index contributed by atoms with van der Waals surface area (Å²) in [6, 6.07) is 22.9. The Kier molecular flexibility index (Phi) is 9.16. The van der Waals surface area contributed by atoms with Gasteiger partial charge in [-0.15, -0.1) is 11.3 Å². The Bertz CT molecular complexity index is 1880. The lowest BCUT2D eigenvalue weighted by Gasteiger charge is -2.23. The summed E-state index contributed by atoms with van der Waals surface area (Å²) in [6.07, 6.45) is 1.56. The molecular weight excluding hydrogens is 602 g/mol. The molecule has 236 valence electrons. The van der Waals surface area contributed by atoms with E-state index in [-0.39, 0.29) is 18.6 Å². The van der Waals surface area contributed by atoms with Gasteiger partial charge in [0.05, 0.1) is 35.9 Å². The van der Waals surface area contributed by atoms with Crippen LogP contribution in [0, 0.1) is 0 Å². The molecule has 1 amide bonds. The Morgan fingerprint density at radius 2 is 1.80 bits per heavy atom. The van der Waals surface area contributed by atoms with Crippen LogP contribution in [0.15, 0.2) is 72.8 Å². The molecule has 10 heteroatoms. The topological polar surface area (TPSA) is 120 Å². The molecule has 2 N–H and O–H groups in total. The van der Waals surface area contributed by atoms with Gasteiger partial charge in [-0.25, -0.2) is 14.6 Å². The number of amides is 1. The Hall–Kier alpha value is -4.96. The van der Waals surface area contributed by atoms with Gasteiger partial charge in [-0.2, -0.15) is 0 Å². The quantitative estimate of drug-likeness (QED) is 0.154. The Labute approximate surface area is 270 Å². The maximum Gasteiger partial charge on any atom is 0.341 e. The average molecular weight is 638 g/mol. The number of ether oxygens (including phenoxy) is 3. The molecule has 46 heavy (non-hydrogen) atoms. The normalized spacial score (nSPS) is 14.7. The molecule has 0 saturated carbocycles. The zero-order chi connectivity index (χ0) is 32.2. The van der Waals surface area contributed by atoms with Crippen LogP contribution < -0.4 is 10.1 Å². The van der Waals surface area contributed by atoms with Crippen molar-refractivity contribution in [1.82, 2.24) is 9.97 Å². The number of nitrogens with zero attached hydrogens (tertiary/aromatic N) is 1. The largest absolute Gasteiger partial charge is 0.497 e. The molecule has 6 rings (SSSR count). The molecule has 3 aromatic carbocycles. The van der Waals surface area contributed by atoms with Crippen molar-refractivity contribution in [2.45, 2.75) is 51.6 Å². The lowest BCUT2D eigenvalue weighted by Crippen LogP contribution is -2.32. The van der Waals surface area contributed by atoms with Gasteiger partial charge in [0.15, 0.2) is 6.10 Å². The molecule has 2 unspecified atom stereocenters. The first kappa shape index (κ1) is 31.0. The molecule has 0 radical (unpaired) electrons. The fraction of sp³-hybridized carbons (Fsp3) is 0.278. The summed E-state index contributed by atoms with van der Waals surface area (Å²) in [5.74, 6) is 0.137. The summed E-state index contributed by atoms with van der Waals surface area (Å²) in [5.41, 5.74) is 5.10. The number of esters is 2. The molecule has 9 nitrogen and oxygen atoms in total. The van der Waals surface area contributed by atoms with Gasteiger partial charge in [0.25, 0.3) is 5.91 Å². The van der Waals surface area contributed by atoms with E-state index in [4.69, 9.17) is 14.2 Å². The average Bonchev–Trinajstić information content (AvgIpc) is 3.68. The van der Waals surface area contributed by atoms with Crippen molar-refractivity contribution in [3.05, 3.63) is 99.9 Å². The van der Waals surface area contributed by atoms with Gasteiger partial charge in [0.1, 0.15) is 16.6 Å². The number of nitrogens with one attached hydrogen (secondary N) is 2. The zero-order valence-electron chi connectivity index (χ0n) is 25.9. The fourth-order valence-corrected chi connectivity index (χ4v) is 7.16. The molecule has 1 aliphatic carbocycles. The number of hydrogen-bond donors (Lipinski definition) is 2. The Morgan fingerprint density at radius 1 is 1.02 bits per heavy atom. The van der Waals surface area contributed by atoms with Crippen molar-refractivity contribution in [2.75, 3.05) is 19.0 Å². The maximum atomic E-state index is 13.5. The number of carbonyl (C=O) groups excluding carboxylic acids is 3. The van der Waals surface area contributed by atoms with Gasteiger partial charge >= 0.3 is 11.9 Å². The van der Waals surface area contributed by atoms with Crippen LogP contribution in [0.3, 0.4) is 0 Å². The fourth-order valence-electron chi connectivity index (χ4n) is 5.84. The Balaban J connectivity index is 1.18. The van der Waals surface area contributed by atoms with E-state index >= 15 is 0 Å². The highest BCUT2D eigenvalue weighted by atomic mass is 32.1. The number of anilines is 1. The third-order valence-electron chi connectivity index (χ3n) is 8.25. The number of rotatable bonds is 10. The zero-order valence-corrected chi connectivity index (χ0v) is 26.7. The van der Waals surface area contributed by atoms with Crippen LogP contribution in [-0.2, 0) is 27.1 Å². The summed E-state index contributed by atoms with van der Waals surface area (Å²) < 4.78 is 16.3. The molecule has 1 aliphatic rings. The number of benzene rings is 3. The highest BCUT2D eigenvalue weighted by Crippen LogP contribution is 2.43. The van der Waals surface area contributed by atoms with Crippen molar-refractivity contribution in [3.63, 3.8) is 0 Å². The van der Waals surface area contributed by atoms with Gasteiger partial charge in [0.2, 0.25) is 0 Å². The maximum absolute atomic E-state index is 13.5. The van der Waals surface area contributed by atoms with Crippen molar-refractivity contribution in [3.8, 4) is 17.1 Å². The van der Waals surface area contributed by atoms with Crippen molar-refractivity contribution in [1.29, 1.82) is 0 Å². The summed E-state index contributed by atoms with van der Waals surface area (Å²) >= 11 is 1.40. The number of carbonyl (C=O) groups is 3. The van der Waals surface area contributed by atoms with E-state index in [2.05, 4.69) is 27.4 Å². The third kappa shape index (κ3) is 6.39. The van der Waals surface area contributed by atoms with Crippen molar-refractivity contribution < 1.29 is 28.6 Å². The number of hydrogen-bond acceptors (Lipinski definition) is 8. The second-order valence-corrected chi connectivity index (χ2v) is 12.2. The molecule has 5 aromatic rings. The van der Waals surface area contributed by atoms with Crippen LogP contribution in [0.1, 0.15) is 69.3 Å². The molecule has 0 aliphatic heterocycles. The van der Waals surface area contributed by atoms with E-state index < -0.39 is 23.9 Å². The minimum Gasteiger partial charge on any atom is -0.497 e. The second kappa shape index (κ2) is 13.6. The smallest absolute Gasteiger partial charge is 0.341 e. The van der Waals surface area contributed by atoms with E-state index in [0.717, 1.165) is 34.6 Å². The molecule has 2 atom stereocenters. The van der Waals surface area contributed by atoms with Crippen LogP contribution in [0.2, 0.25) is 0 Å². The number of aromatic amines is 1. The van der Waals surface area contributed by atoms with Crippen LogP contribution in [-0.4, -0.2) is 47.6 Å². The first-order chi connectivity index (χ1) is 22.4. The summed E-state index contributed by atoms with van der Waals surface area (Å²) in [7, 11) is 1.61. The SMILES string of the molecule is CCOC(=O)c1c(NC(=O)C(CC)OC(=O)c2ccc3nc(-c4ccc(OC)cc4)[nH]c3c2)sc2c1CCC(c1ccccc1)C2. The van der Waals surface area contributed by atoms with Crippen molar-refractivity contribution >= 4 is 45.2 Å². The number of imidazole rings is 1. The van der Waals surface area contributed by atoms with E-state index in [1.165, 1.54) is 16.9 Å². The Morgan fingerprint density at radius 3 is 2.52 bits per heavy atom. The molecule has 2 aromatic heterocycles. The first-order valence-corrected chi connectivity index (χ1v) is 16.2. The van der Waals surface area contributed by atoms with E-state index in [0.29, 0.717) is 39.8 Å². The summed E-state index contributed by atoms with van der Waals surface area (Å²) in [4.78, 5) is 48.8. The van der Waals surface area contributed by atoms with Gasteiger partial charge in [-0.3, -0.25) is 4.79 Å². The number of fused-ring (bicyclic) bond motifs is 2. The second-order valence-electron chi connectivity index (χ2n) is 11.1. The lowest BCUT2D eigenvalue weighted by molar-refractivity contribution is -0.124. The molecular formula is C36H35N3O6S. The van der Waals surface area contributed by atoms with Gasteiger partial charge < -0.3 is 24.5 Å². The summed E-state index contributed by atoms with van der Waals surface area (Å²) in [6.45, 7) is 3.75. The molecule has 0 bridgehead atoms. The van der Waals surface area contributed by atoms with Gasteiger partial charge in [0, 0.05) is 10.4 Å². The standard InChI is InChI=1S/C36H35N3O6S/c1-4-29(45-35(41)24-14-18-27-28(19-24)38-32(37-27)22-11-15-25(43-3)16-12-22)33(40)39-34-31(36(42)44-5-2)26-17-13-23(20-30(26)46-34)21-9-7-6-8-10-21/h6-12,14-16,18-19,23,29H,4-5,13,17,20H2,1-3H3,(H,37,38)(H,39,40). The van der Waals surface area contributed by atoms with E-state index in [1.807, 2.05) is 42.5 Å². The summed E-state index contributed by atoms with van der Waals surface area (Å²) in [5, 5.41) is 3.34. The van der Waals surface area contributed by atoms with Crippen molar-refractivity contribution in [2.24, 2.45) is 0 Å².